The van der Waals surface area contributed by atoms with E-state index in [9.17, 15) is 4.79 Å². The van der Waals surface area contributed by atoms with Crippen molar-refractivity contribution in [3.63, 3.8) is 0 Å². The van der Waals surface area contributed by atoms with Gasteiger partial charge in [0.2, 0.25) is 0 Å². The van der Waals surface area contributed by atoms with E-state index in [-0.39, 0.29) is 5.91 Å². The molecule has 0 saturated heterocycles. The lowest BCUT2D eigenvalue weighted by Gasteiger charge is -2.09. The number of hydrogen-bond acceptors (Lipinski definition) is 2. The summed E-state index contributed by atoms with van der Waals surface area (Å²) in [5, 5.41) is 6.29. The topological polar surface area (TPSA) is 41.1 Å². The van der Waals surface area contributed by atoms with Crippen molar-refractivity contribution in [1.82, 2.24) is 0 Å². The van der Waals surface area contributed by atoms with Crippen LogP contribution in [0.25, 0.3) is 0 Å². The van der Waals surface area contributed by atoms with Crippen LogP contribution >= 0.6 is 0 Å². The molecule has 1 amide bonds. The summed E-state index contributed by atoms with van der Waals surface area (Å²) in [6.07, 6.45) is 0. The molecule has 0 bridgehead atoms. The molecule has 3 aromatic rings. The molecular formula is C21H20N2O. The van der Waals surface area contributed by atoms with Crippen LogP contribution in [0.3, 0.4) is 0 Å². The number of carbonyl (C=O) groups excluding carboxylic acids is 1. The van der Waals surface area contributed by atoms with Crippen LogP contribution in [0, 0.1) is 6.92 Å². The number of rotatable bonds is 5. The van der Waals surface area contributed by atoms with E-state index in [0.29, 0.717) is 5.56 Å². The number of aryl methyl sites for hydroxylation is 1. The fourth-order valence-electron chi connectivity index (χ4n) is 2.46. The lowest BCUT2D eigenvalue weighted by atomic mass is 10.1. The van der Waals surface area contributed by atoms with Gasteiger partial charge in [0.05, 0.1) is 0 Å². The van der Waals surface area contributed by atoms with Gasteiger partial charge in [-0.2, -0.15) is 0 Å². The third-order valence-corrected chi connectivity index (χ3v) is 3.76. The van der Waals surface area contributed by atoms with E-state index < -0.39 is 0 Å². The van der Waals surface area contributed by atoms with Crippen LogP contribution < -0.4 is 10.6 Å². The number of anilines is 2. The van der Waals surface area contributed by atoms with Crippen molar-refractivity contribution in [3.05, 3.63) is 95.6 Å². The Balaban J connectivity index is 1.59. The summed E-state index contributed by atoms with van der Waals surface area (Å²) in [6, 6.07) is 25.5. The maximum Gasteiger partial charge on any atom is 0.255 e. The monoisotopic (exact) mass is 316 g/mol. The molecule has 0 unspecified atom stereocenters. The van der Waals surface area contributed by atoms with E-state index in [1.165, 1.54) is 5.56 Å². The molecule has 2 N–H and O–H groups in total. The standard InChI is InChI=1S/C21H20N2O/c1-16-6-5-9-18(14-16)21(24)23-20-12-10-19(11-13-20)22-15-17-7-3-2-4-8-17/h2-14,22H,15H2,1H3,(H,23,24). The minimum absolute atomic E-state index is 0.0938. The minimum Gasteiger partial charge on any atom is -0.381 e. The van der Waals surface area contributed by atoms with Crippen LogP contribution in [0.5, 0.6) is 0 Å². The summed E-state index contributed by atoms with van der Waals surface area (Å²) < 4.78 is 0. The second-order valence-electron chi connectivity index (χ2n) is 5.74. The molecule has 3 rings (SSSR count). The average molecular weight is 316 g/mol. The Bertz CT molecular complexity index is 811. The molecule has 0 aliphatic carbocycles. The summed E-state index contributed by atoms with van der Waals surface area (Å²) in [6.45, 7) is 2.75. The molecule has 0 aliphatic rings. The molecule has 3 nitrogen and oxygen atoms in total. The second-order valence-corrected chi connectivity index (χ2v) is 5.74. The van der Waals surface area contributed by atoms with Gasteiger partial charge in [0.1, 0.15) is 0 Å². The van der Waals surface area contributed by atoms with Gasteiger partial charge in [0.15, 0.2) is 0 Å². The zero-order valence-corrected chi connectivity index (χ0v) is 13.6. The molecule has 0 atom stereocenters. The molecule has 0 aromatic heterocycles. The highest BCUT2D eigenvalue weighted by Crippen LogP contribution is 2.16. The van der Waals surface area contributed by atoms with Gasteiger partial charge in [-0.05, 0) is 48.9 Å². The third kappa shape index (κ3) is 4.23. The van der Waals surface area contributed by atoms with Crippen molar-refractivity contribution in [3.8, 4) is 0 Å². The highest BCUT2D eigenvalue weighted by Gasteiger charge is 2.05. The zero-order valence-electron chi connectivity index (χ0n) is 13.6. The molecule has 24 heavy (non-hydrogen) atoms. The van der Waals surface area contributed by atoms with E-state index >= 15 is 0 Å². The Kier molecular flexibility index (Phi) is 4.92. The van der Waals surface area contributed by atoms with Crippen molar-refractivity contribution in [1.29, 1.82) is 0 Å². The molecule has 0 fully saturated rings. The lowest BCUT2D eigenvalue weighted by Crippen LogP contribution is -2.11. The first-order valence-corrected chi connectivity index (χ1v) is 7.96. The lowest BCUT2D eigenvalue weighted by molar-refractivity contribution is 0.102. The van der Waals surface area contributed by atoms with E-state index in [1.807, 2.05) is 73.7 Å². The fraction of sp³-hybridized carbons (Fsp3) is 0.0952. The van der Waals surface area contributed by atoms with Gasteiger partial charge in [-0.3, -0.25) is 4.79 Å². The van der Waals surface area contributed by atoms with E-state index in [0.717, 1.165) is 23.5 Å². The Morgan fingerprint density at radius 2 is 1.54 bits per heavy atom. The van der Waals surface area contributed by atoms with Gasteiger partial charge in [0, 0.05) is 23.5 Å². The average Bonchev–Trinajstić information content (AvgIpc) is 2.62. The summed E-state index contributed by atoms with van der Waals surface area (Å²) in [7, 11) is 0. The summed E-state index contributed by atoms with van der Waals surface area (Å²) in [4.78, 5) is 12.2. The maximum absolute atomic E-state index is 12.2. The summed E-state index contributed by atoms with van der Waals surface area (Å²) in [5.41, 5.74) is 4.78. The Labute approximate surface area is 142 Å². The maximum atomic E-state index is 12.2. The van der Waals surface area contributed by atoms with Gasteiger partial charge >= 0.3 is 0 Å². The number of benzene rings is 3. The molecule has 120 valence electrons. The van der Waals surface area contributed by atoms with Crippen LogP contribution in [-0.2, 0) is 6.54 Å². The Hall–Kier alpha value is -3.07. The van der Waals surface area contributed by atoms with Crippen molar-refractivity contribution in [2.24, 2.45) is 0 Å². The normalized spacial score (nSPS) is 10.2. The smallest absolute Gasteiger partial charge is 0.255 e. The quantitative estimate of drug-likeness (QED) is 0.706. The van der Waals surface area contributed by atoms with Crippen molar-refractivity contribution >= 4 is 17.3 Å². The van der Waals surface area contributed by atoms with Gasteiger partial charge < -0.3 is 10.6 Å². The number of nitrogens with one attached hydrogen (secondary N) is 2. The first-order valence-electron chi connectivity index (χ1n) is 7.96. The molecule has 0 aliphatic heterocycles. The van der Waals surface area contributed by atoms with Crippen LogP contribution in [0.15, 0.2) is 78.9 Å². The largest absolute Gasteiger partial charge is 0.381 e. The SMILES string of the molecule is Cc1cccc(C(=O)Nc2ccc(NCc3ccccc3)cc2)c1. The highest BCUT2D eigenvalue weighted by atomic mass is 16.1. The minimum atomic E-state index is -0.0938. The van der Waals surface area contributed by atoms with E-state index in [2.05, 4.69) is 22.8 Å². The zero-order chi connectivity index (χ0) is 16.8. The first kappa shape index (κ1) is 15.8. The molecule has 0 radical (unpaired) electrons. The van der Waals surface area contributed by atoms with Crippen molar-refractivity contribution in [2.75, 3.05) is 10.6 Å². The molecule has 0 heterocycles. The second kappa shape index (κ2) is 7.47. The van der Waals surface area contributed by atoms with E-state index in [4.69, 9.17) is 0 Å². The predicted octanol–water partition coefficient (Wildman–Crippen LogP) is 4.86. The van der Waals surface area contributed by atoms with Crippen molar-refractivity contribution in [2.45, 2.75) is 13.5 Å². The Morgan fingerprint density at radius 3 is 2.25 bits per heavy atom. The summed E-state index contributed by atoms with van der Waals surface area (Å²) >= 11 is 0. The molecule has 0 spiro atoms. The van der Waals surface area contributed by atoms with Crippen LogP contribution in [-0.4, -0.2) is 5.91 Å². The Morgan fingerprint density at radius 1 is 0.833 bits per heavy atom. The first-order chi connectivity index (χ1) is 11.7. The van der Waals surface area contributed by atoms with Crippen LogP contribution in [0.4, 0.5) is 11.4 Å². The van der Waals surface area contributed by atoms with Gasteiger partial charge in [-0.15, -0.1) is 0 Å². The van der Waals surface area contributed by atoms with Crippen LogP contribution in [0.1, 0.15) is 21.5 Å². The summed E-state index contributed by atoms with van der Waals surface area (Å²) in [5.74, 6) is -0.0938. The van der Waals surface area contributed by atoms with Gasteiger partial charge in [0.25, 0.3) is 5.91 Å². The number of hydrogen-bond donors (Lipinski definition) is 2. The van der Waals surface area contributed by atoms with Crippen molar-refractivity contribution < 1.29 is 4.79 Å². The molecule has 3 heteroatoms. The predicted molar refractivity (Wildman–Crippen MR) is 99.3 cm³/mol. The highest BCUT2D eigenvalue weighted by molar-refractivity contribution is 6.04. The fourth-order valence-corrected chi connectivity index (χ4v) is 2.46. The molecular weight excluding hydrogens is 296 g/mol. The molecule has 3 aromatic carbocycles. The van der Waals surface area contributed by atoms with Gasteiger partial charge in [-0.25, -0.2) is 0 Å². The molecule has 0 saturated carbocycles. The third-order valence-electron chi connectivity index (χ3n) is 3.76. The van der Waals surface area contributed by atoms with Gasteiger partial charge in [-0.1, -0.05) is 48.0 Å². The van der Waals surface area contributed by atoms with Crippen LogP contribution in [0.2, 0.25) is 0 Å². The number of carbonyl (C=O) groups is 1. The van der Waals surface area contributed by atoms with E-state index in [1.54, 1.807) is 0 Å². The number of amides is 1.